The second kappa shape index (κ2) is 8.62. The summed E-state index contributed by atoms with van der Waals surface area (Å²) in [6.45, 7) is 1.72. The number of benzene rings is 2. The molecule has 0 radical (unpaired) electrons. The van der Waals surface area contributed by atoms with Crippen LogP contribution in [0.4, 0.5) is 0 Å². The van der Waals surface area contributed by atoms with Crippen LogP contribution in [0.15, 0.2) is 48.5 Å². The monoisotopic (exact) mass is 404 g/mol. The van der Waals surface area contributed by atoms with Crippen LogP contribution < -0.4 is 0 Å². The molecule has 0 amide bonds. The van der Waals surface area contributed by atoms with Crippen molar-refractivity contribution in [1.82, 2.24) is 9.80 Å². The van der Waals surface area contributed by atoms with Gasteiger partial charge >= 0.3 is 0 Å². The number of rotatable bonds is 6. The summed E-state index contributed by atoms with van der Waals surface area (Å²) in [5, 5.41) is 0. The van der Waals surface area contributed by atoms with Gasteiger partial charge in [-0.05, 0) is 52.9 Å². The molecule has 30 heavy (non-hydrogen) atoms. The van der Waals surface area contributed by atoms with Gasteiger partial charge < -0.3 is 0 Å². The number of hydrogen-bond donors (Lipinski definition) is 0. The second-order valence-corrected chi connectivity index (χ2v) is 8.43. The molecule has 0 bridgehead atoms. The van der Waals surface area contributed by atoms with E-state index in [9.17, 15) is 14.4 Å². The Morgan fingerprint density at radius 1 is 0.733 bits per heavy atom. The molecule has 2 saturated heterocycles. The van der Waals surface area contributed by atoms with Gasteiger partial charge in [-0.3, -0.25) is 24.2 Å². The molecule has 2 aliphatic rings. The van der Waals surface area contributed by atoms with Crippen LogP contribution in [0.2, 0.25) is 0 Å². The molecule has 2 aliphatic heterocycles. The number of Topliss-reactive ketones (excluding diaryl/α,β-unsaturated/α-hetero) is 2. The fourth-order valence-electron chi connectivity index (χ4n) is 4.79. The van der Waals surface area contributed by atoms with Crippen molar-refractivity contribution in [3.05, 3.63) is 70.8 Å². The Morgan fingerprint density at radius 2 is 1.30 bits per heavy atom. The minimum Gasteiger partial charge on any atom is -0.296 e. The van der Waals surface area contributed by atoms with Crippen LogP contribution in [0.5, 0.6) is 0 Å². The molecule has 5 heteroatoms. The van der Waals surface area contributed by atoms with Crippen molar-refractivity contribution >= 4 is 17.3 Å². The molecular formula is C25H28N2O3. The predicted octanol–water partition coefficient (Wildman–Crippen LogP) is 3.47. The van der Waals surface area contributed by atoms with Gasteiger partial charge in [-0.2, -0.15) is 0 Å². The quantitative estimate of drug-likeness (QED) is 0.690. The molecular weight excluding hydrogens is 376 g/mol. The zero-order valence-corrected chi connectivity index (χ0v) is 17.6. The standard InChI is InChI=1S/C25H28N2O3/c1-26-15-7-13-20(26)24(29)19-12-6-11-18(23(28)17-9-4-3-5-10-17)22(19)25(30)21-14-8-16-27(21)2/h3-6,9-12,20-21H,7-8,13-16H2,1-2H3. The summed E-state index contributed by atoms with van der Waals surface area (Å²) in [4.78, 5) is 44.6. The van der Waals surface area contributed by atoms with Gasteiger partial charge in [0.05, 0.1) is 12.1 Å². The number of nitrogens with zero attached hydrogens (tertiary/aromatic N) is 2. The topological polar surface area (TPSA) is 57.7 Å². The Morgan fingerprint density at radius 3 is 1.87 bits per heavy atom. The SMILES string of the molecule is CN1CCCC1C(=O)c1cccc(C(=O)c2ccccc2)c1C(=O)C1CCCN1C. The maximum absolute atomic E-state index is 13.7. The predicted molar refractivity (Wildman–Crippen MR) is 116 cm³/mol. The molecule has 0 N–H and O–H groups in total. The Bertz CT molecular complexity index is 970. The molecule has 2 unspecified atom stereocenters. The molecule has 0 aromatic heterocycles. The van der Waals surface area contributed by atoms with Gasteiger partial charge in [-0.1, -0.05) is 48.5 Å². The third kappa shape index (κ3) is 3.75. The summed E-state index contributed by atoms with van der Waals surface area (Å²) >= 11 is 0. The van der Waals surface area contributed by atoms with Gasteiger partial charge in [0.15, 0.2) is 17.3 Å². The number of ketones is 3. The normalized spacial score (nSPS) is 22.3. The summed E-state index contributed by atoms with van der Waals surface area (Å²) in [7, 11) is 3.88. The van der Waals surface area contributed by atoms with E-state index >= 15 is 0 Å². The highest BCUT2D eigenvalue weighted by atomic mass is 16.1. The van der Waals surface area contributed by atoms with E-state index in [4.69, 9.17) is 0 Å². The fourth-order valence-corrected chi connectivity index (χ4v) is 4.79. The number of carbonyl (C=O) groups is 3. The molecule has 0 saturated carbocycles. The second-order valence-electron chi connectivity index (χ2n) is 8.43. The van der Waals surface area contributed by atoms with E-state index < -0.39 is 0 Å². The van der Waals surface area contributed by atoms with E-state index in [1.165, 1.54) is 0 Å². The van der Waals surface area contributed by atoms with Crippen molar-refractivity contribution in [2.24, 2.45) is 0 Å². The molecule has 2 atom stereocenters. The smallest absolute Gasteiger partial charge is 0.193 e. The van der Waals surface area contributed by atoms with Gasteiger partial charge in [0.1, 0.15) is 0 Å². The van der Waals surface area contributed by atoms with Crippen molar-refractivity contribution in [2.45, 2.75) is 37.8 Å². The van der Waals surface area contributed by atoms with Crippen molar-refractivity contribution in [1.29, 1.82) is 0 Å². The number of hydrogen-bond acceptors (Lipinski definition) is 5. The third-order valence-electron chi connectivity index (χ3n) is 6.50. The lowest BCUT2D eigenvalue weighted by Crippen LogP contribution is -2.37. The fraction of sp³-hybridized carbons (Fsp3) is 0.400. The lowest BCUT2D eigenvalue weighted by molar-refractivity contribution is 0.0852. The minimum atomic E-state index is -0.289. The lowest BCUT2D eigenvalue weighted by atomic mass is 9.86. The molecule has 4 rings (SSSR count). The number of carbonyl (C=O) groups excluding carboxylic acids is 3. The van der Waals surface area contributed by atoms with E-state index in [0.717, 1.165) is 38.8 Å². The van der Waals surface area contributed by atoms with Gasteiger partial charge in [-0.25, -0.2) is 0 Å². The molecule has 156 valence electrons. The molecule has 5 nitrogen and oxygen atoms in total. The molecule has 0 spiro atoms. The summed E-state index contributed by atoms with van der Waals surface area (Å²) in [6, 6.07) is 13.6. The first kappa shape index (κ1) is 20.6. The number of likely N-dealkylation sites (tertiary alicyclic amines) is 2. The molecule has 2 fully saturated rings. The van der Waals surface area contributed by atoms with Crippen LogP contribution in [-0.4, -0.2) is 66.4 Å². The first-order chi connectivity index (χ1) is 14.5. The van der Waals surface area contributed by atoms with Gasteiger partial charge in [0, 0.05) is 22.3 Å². The van der Waals surface area contributed by atoms with Crippen LogP contribution in [0.1, 0.15) is 62.3 Å². The molecule has 2 aromatic rings. The Labute approximate surface area is 177 Å². The third-order valence-corrected chi connectivity index (χ3v) is 6.50. The van der Waals surface area contributed by atoms with Crippen LogP contribution in [0.3, 0.4) is 0 Å². The van der Waals surface area contributed by atoms with Crippen molar-refractivity contribution in [3.8, 4) is 0 Å². The van der Waals surface area contributed by atoms with Crippen molar-refractivity contribution in [3.63, 3.8) is 0 Å². The molecule has 0 aliphatic carbocycles. The summed E-state index contributed by atoms with van der Waals surface area (Å²) in [5.41, 5.74) is 1.54. The van der Waals surface area contributed by atoms with Crippen LogP contribution in [-0.2, 0) is 0 Å². The highest BCUT2D eigenvalue weighted by Crippen LogP contribution is 2.28. The number of likely N-dealkylation sites (N-methyl/N-ethyl adjacent to an activating group) is 2. The van der Waals surface area contributed by atoms with E-state index in [1.807, 2.05) is 42.1 Å². The summed E-state index contributed by atoms with van der Waals surface area (Å²) in [5.74, 6) is -0.380. The Balaban J connectivity index is 1.83. The summed E-state index contributed by atoms with van der Waals surface area (Å²) in [6.07, 6.45) is 3.43. The summed E-state index contributed by atoms with van der Waals surface area (Å²) < 4.78 is 0. The zero-order valence-electron chi connectivity index (χ0n) is 17.6. The maximum atomic E-state index is 13.7. The van der Waals surface area contributed by atoms with E-state index in [-0.39, 0.29) is 29.4 Å². The molecule has 2 heterocycles. The van der Waals surface area contributed by atoms with Crippen molar-refractivity contribution < 1.29 is 14.4 Å². The Kier molecular flexibility index (Phi) is 5.93. The first-order valence-electron chi connectivity index (χ1n) is 10.7. The van der Waals surface area contributed by atoms with E-state index in [2.05, 4.69) is 0 Å². The van der Waals surface area contributed by atoms with Gasteiger partial charge in [0.2, 0.25) is 0 Å². The average molecular weight is 405 g/mol. The minimum absolute atomic E-state index is 0.0540. The van der Waals surface area contributed by atoms with Crippen molar-refractivity contribution in [2.75, 3.05) is 27.2 Å². The largest absolute Gasteiger partial charge is 0.296 e. The molecule has 2 aromatic carbocycles. The highest BCUT2D eigenvalue weighted by Gasteiger charge is 2.36. The van der Waals surface area contributed by atoms with E-state index in [0.29, 0.717) is 22.3 Å². The van der Waals surface area contributed by atoms with Gasteiger partial charge in [-0.15, -0.1) is 0 Å². The van der Waals surface area contributed by atoms with Crippen LogP contribution in [0.25, 0.3) is 0 Å². The lowest BCUT2D eigenvalue weighted by Gasteiger charge is -2.23. The van der Waals surface area contributed by atoms with E-state index in [1.54, 1.807) is 30.3 Å². The average Bonchev–Trinajstić information content (AvgIpc) is 3.40. The van der Waals surface area contributed by atoms with Crippen LogP contribution >= 0.6 is 0 Å². The highest BCUT2D eigenvalue weighted by molar-refractivity contribution is 6.21. The Hall–Kier alpha value is -2.63. The maximum Gasteiger partial charge on any atom is 0.193 e. The zero-order chi connectivity index (χ0) is 21.3. The first-order valence-corrected chi connectivity index (χ1v) is 10.7. The van der Waals surface area contributed by atoms with Crippen LogP contribution in [0, 0.1) is 0 Å². The van der Waals surface area contributed by atoms with Gasteiger partial charge in [0.25, 0.3) is 0 Å².